The number of hydrogen-bond donors (Lipinski definition) is 3. The molecule has 5 nitrogen and oxygen atoms in total. The third-order valence-corrected chi connectivity index (χ3v) is 4.96. The molecule has 1 aliphatic heterocycles. The summed E-state index contributed by atoms with van der Waals surface area (Å²) in [6, 6.07) is 12.5. The summed E-state index contributed by atoms with van der Waals surface area (Å²) in [6.45, 7) is 0.142. The normalized spacial score (nSPS) is 14.3. The second-order valence-corrected chi connectivity index (χ2v) is 6.68. The van der Waals surface area contributed by atoms with Crippen LogP contribution in [0.25, 0.3) is 16.8 Å². The Labute approximate surface area is 152 Å². The highest BCUT2D eigenvalue weighted by molar-refractivity contribution is 7.11. The standard InChI is InChI=1S/C19H14FN3O2S/c20-12-6-4-11(5-7-12)15-10-26-19(22-15)17-16(25)9-23(18(17)21)13-2-1-3-14(24)8-13/h1-8,10,21,24-25H,9H2. The number of rotatable bonds is 3. The third-order valence-electron chi connectivity index (χ3n) is 4.10. The van der Waals surface area contributed by atoms with E-state index in [9.17, 15) is 14.6 Å². The van der Waals surface area contributed by atoms with Crippen molar-refractivity contribution in [1.29, 1.82) is 5.41 Å². The molecular formula is C19H14FN3O2S. The van der Waals surface area contributed by atoms with E-state index in [0.717, 1.165) is 5.56 Å². The smallest absolute Gasteiger partial charge is 0.139 e. The summed E-state index contributed by atoms with van der Waals surface area (Å²) in [5, 5.41) is 30.8. The maximum absolute atomic E-state index is 13.1. The summed E-state index contributed by atoms with van der Waals surface area (Å²) in [5.74, 6) is -0.0496. The number of thiazole rings is 1. The first-order valence-corrected chi connectivity index (χ1v) is 8.70. The third kappa shape index (κ3) is 2.82. The van der Waals surface area contributed by atoms with Gasteiger partial charge in [0.2, 0.25) is 0 Å². The first-order chi connectivity index (χ1) is 12.5. The number of nitrogens with zero attached hydrogens (tertiary/aromatic N) is 2. The minimum atomic E-state index is -0.316. The molecule has 2 aromatic carbocycles. The quantitative estimate of drug-likeness (QED) is 0.640. The van der Waals surface area contributed by atoms with Gasteiger partial charge in [-0.3, -0.25) is 5.41 Å². The highest BCUT2D eigenvalue weighted by Gasteiger charge is 2.31. The molecule has 0 aliphatic carbocycles. The molecule has 0 spiro atoms. The van der Waals surface area contributed by atoms with Crippen molar-refractivity contribution in [2.24, 2.45) is 0 Å². The number of benzene rings is 2. The number of nitrogens with one attached hydrogen (secondary N) is 1. The van der Waals surface area contributed by atoms with Crippen molar-refractivity contribution in [3.63, 3.8) is 0 Å². The van der Waals surface area contributed by atoms with Crippen molar-refractivity contribution in [1.82, 2.24) is 4.98 Å². The molecule has 0 fully saturated rings. The second kappa shape index (κ2) is 6.27. The van der Waals surface area contributed by atoms with Gasteiger partial charge >= 0.3 is 0 Å². The summed E-state index contributed by atoms with van der Waals surface area (Å²) in [6.07, 6.45) is 0. The van der Waals surface area contributed by atoms with E-state index in [1.807, 2.05) is 5.38 Å². The lowest BCUT2D eigenvalue weighted by Crippen LogP contribution is -2.25. The zero-order chi connectivity index (χ0) is 18.3. The van der Waals surface area contributed by atoms with E-state index >= 15 is 0 Å². The van der Waals surface area contributed by atoms with E-state index in [2.05, 4.69) is 4.98 Å². The molecule has 0 amide bonds. The largest absolute Gasteiger partial charge is 0.510 e. The van der Waals surface area contributed by atoms with Crippen LogP contribution in [0.1, 0.15) is 5.01 Å². The summed E-state index contributed by atoms with van der Waals surface area (Å²) < 4.78 is 13.1. The number of anilines is 1. The van der Waals surface area contributed by atoms with Gasteiger partial charge in [0.1, 0.15) is 28.2 Å². The van der Waals surface area contributed by atoms with Crippen molar-refractivity contribution >= 4 is 28.4 Å². The minimum Gasteiger partial charge on any atom is -0.510 e. The van der Waals surface area contributed by atoms with Crippen LogP contribution < -0.4 is 4.90 Å². The Morgan fingerprint density at radius 2 is 1.88 bits per heavy atom. The fraction of sp³-hybridized carbons (Fsp3) is 0.0526. The molecule has 0 saturated carbocycles. The lowest BCUT2D eigenvalue weighted by atomic mass is 10.2. The van der Waals surface area contributed by atoms with Crippen LogP contribution in [0, 0.1) is 11.2 Å². The number of amidine groups is 1. The van der Waals surface area contributed by atoms with Gasteiger partial charge in [-0.15, -0.1) is 11.3 Å². The van der Waals surface area contributed by atoms with Crippen molar-refractivity contribution in [2.75, 3.05) is 11.4 Å². The Bertz CT molecular complexity index is 1030. The van der Waals surface area contributed by atoms with E-state index in [1.54, 1.807) is 35.2 Å². The molecule has 130 valence electrons. The zero-order valence-electron chi connectivity index (χ0n) is 13.5. The van der Waals surface area contributed by atoms with Crippen molar-refractivity contribution in [3.05, 3.63) is 70.5 Å². The topological polar surface area (TPSA) is 80.4 Å². The summed E-state index contributed by atoms with van der Waals surface area (Å²) >= 11 is 1.31. The number of hydrogen-bond acceptors (Lipinski definition) is 5. The molecule has 1 aliphatic rings. The molecule has 2 heterocycles. The highest BCUT2D eigenvalue weighted by atomic mass is 32.1. The highest BCUT2D eigenvalue weighted by Crippen LogP contribution is 2.35. The molecule has 3 N–H and O–H groups in total. The first-order valence-electron chi connectivity index (χ1n) is 7.82. The van der Waals surface area contributed by atoms with E-state index in [1.165, 1.54) is 29.5 Å². The average Bonchev–Trinajstić information content (AvgIpc) is 3.20. The Kier molecular flexibility index (Phi) is 3.93. The fourth-order valence-electron chi connectivity index (χ4n) is 2.83. The predicted molar refractivity (Wildman–Crippen MR) is 100 cm³/mol. The van der Waals surface area contributed by atoms with Crippen LogP contribution in [-0.4, -0.2) is 27.6 Å². The summed E-state index contributed by atoms with van der Waals surface area (Å²) in [5.41, 5.74) is 2.41. The maximum Gasteiger partial charge on any atom is 0.139 e. The molecule has 4 rings (SSSR count). The molecule has 0 radical (unpaired) electrons. The number of phenolic OH excluding ortho intramolecular Hbond substituents is 1. The fourth-order valence-corrected chi connectivity index (χ4v) is 3.72. The van der Waals surface area contributed by atoms with Crippen LogP contribution in [0.5, 0.6) is 5.75 Å². The number of aromatic hydroxyl groups is 1. The lowest BCUT2D eigenvalue weighted by Gasteiger charge is -2.18. The Morgan fingerprint density at radius 3 is 2.62 bits per heavy atom. The van der Waals surface area contributed by atoms with Crippen molar-refractivity contribution in [3.8, 4) is 17.0 Å². The van der Waals surface area contributed by atoms with Gasteiger partial charge in [-0.05, 0) is 36.4 Å². The second-order valence-electron chi connectivity index (χ2n) is 5.82. The van der Waals surface area contributed by atoms with Gasteiger partial charge in [-0.25, -0.2) is 9.37 Å². The van der Waals surface area contributed by atoms with Gasteiger partial charge in [0, 0.05) is 22.7 Å². The molecule has 26 heavy (non-hydrogen) atoms. The summed E-state index contributed by atoms with van der Waals surface area (Å²) in [7, 11) is 0. The molecule has 1 aromatic heterocycles. The Balaban J connectivity index is 1.65. The number of aliphatic hydroxyl groups is 1. The number of aromatic nitrogens is 1. The molecular weight excluding hydrogens is 353 g/mol. The molecule has 0 saturated heterocycles. The summed E-state index contributed by atoms with van der Waals surface area (Å²) in [4.78, 5) is 6.10. The van der Waals surface area contributed by atoms with Gasteiger partial charge in [0.05, 0.1) is 17.8 Å². The van der Waals surface area contributed by atoms with E-state index in [4.69, 9.17) is 5.41 Å². The van der Waals surface area contributed by atoms with E-state index < -0.39 is 0 Å². The van der Waals surface area contributed by atoms with Crippen LogP contribution >= 0.6 is 11.3 Å². The molecule has 0 unspecified atom stereocenters. The van der Waals surface area contributed by atoms with Crippen LogP contribution in [-0.2, 0) is 0 Å². The predicted octanol–water partition coefficient (Wildman–Crippen LogP) is 4.42. The van der Waals surface area contributed by atoms with Gasteiger partial charge in [0.25, 0.3) is 0 Å². The lowest BCUT2D eigenvalue weighted by molar-refractivity contribution is 0.411. The Morgan fingerprint density at radius 1 is 1.12 bits per heavy atom. The number of aliphatic hydroxyl groups excluding tert-OH is 1. The van der Waals surface area contributed by atoms with Crippen LogP contribution in [0.4, 0.5) is 10.1 Å². The molecule has 0 bridgehead atoms. The van der Waals surface area contributed by atoms with E-state index in [0.29, 0.717) is 22.0 Å². The van der Waals surface area contributed by atoms with Gasteiger partial charge < -0.3 is 15.1 Å². The van der Waals surface area contributed by atoms with Crippen molar-refractivity contribution < 1.29 is 14.6 Å². The van der Waals surface area contributed by atoms with Crippen LogP contribution in [0.2, 0.25) is 0 Å². The van der Waals surface area contributed by atoms with E-state index in [-0.39, 0.29) is 29.7 Å². The monoisotopic (exact) mass is 367 g/mol. The minimum absolute atomic E-state index is 0.0540. The zero-order valence-corrected chi connectivity index (χ0v) is 14.3. The van der Waals surface area contributed by atoms with Crippen LogP contribution in [0.3, 0.4) is 0 Å². The molecule has 0 atom stereocenters. The first kappa shape index (κ1) is 16.3. The number of phenols is 1. The van der Waals surface area contributed by atoms with Gasteiger partial charge in [-0.2, -0.15) is 0 Å². The van der Waals surface area contributed by atoms with Gasteiger partial charge in [-0.1, -0.05) is 6.07 Å². The molecule has 3 aromatic rings. The van der Waals surface area contributed by atoms with Crippen molar-refractivity contribution in [2.45, 2.75) is 0 Å². The van der Waals surface area contributed by atoms with Crippen LogP contribution in [0.15, 0.2) is 59.7 Å². The SMILES string of the molecule is N=C1C(c2nc(-c3ccc(F)cc3)cs2)=C(O)CN1c1cccc(O)c1. The number of halogens is 1. The van der Waals surface area contributed by atoms with Gasteiger partial charge in [0.15, 0.2) is 0 Å². The Hall–Kier alpha value is -3.19. The average molecular weight is 367 g/mol. The maximum atomic E-state index is 13.1. The molecule has 7 heteroatoms.